The van der Waals surface area contributed by atoms with Crippen LogP contribution in [0.15, 0.2) is 66.0 Å². The van der Waals surface area contributed by atoms with E-state index < -0.39 is 5.97 Å². The normalized spacial score (nSPS) is 13.3. The minimum Gasteiger partial charge on any atom is -0.497 e. The number of hydrogen-bond donors (Lipinski definition) is 1. The summed E-state index contributed by atoms with van der Waals surface area (Å²) in [5.41, 5.74) is 2.09. The molecular formula is C25H27N5O4S. The van der Waals surface area contributed by atoms with E-state index in [9.17, 15) is 9.59 Å². The molecule has 4 rings (SSSR count). The number of carbonyl (C=O) groups excluding carboxylic acids is 2. The van der Waals surface area contributed by atoms with Gasteiger partial charge in [0.15, 0.2) is 0 Å². The number of aromatic nitrogens is 2. The van der Waals surface area contributed by atoms with Crippen LogP contribution in [0.25, 0.3) is 0 Å². The zero-order valence-corrected chi connectivity index (χ0v) is 20.5. The molecule has 0 saturated carbocycles. The van der Waals surface area contributed by atoms with Crippen molar-refractivity contribution in [3.63, 3.8) is 0 Å². The van der Waals surface area contributed by atoms with Crippen molar-refractivity contribution in [3.05, 3.63) is 66.5 Å². The lowest BCUT2D eigenvalue weighted by atomic mass is 10.2. The maximum Gasteiger partial charge on any atom is 0.337 e. The molecule has 35 heavy (non-hydrogen) atoms. The molecule has 1 fully saturated rings. The number of thioether (sulfide) groups is 1. The summed E-state index contributed by atoms with van der Waals surface area (Å²) < 4.78 is 9.96. The Kier molecular flexibility index (Phi) is 8.04. The molecule has 1 aliphatic heterocycles. The van der Waals surface area contributed by atoms with Crippen LogP contribution in [0.1, 0.15) is 10.4 Å². The van der Waals surface area contributed by atoms with Gasteiger partial charge in [-0.3, -0.25) is 4.79 Å². The predicted molar refractivity (Wildman–Crippen MR) is 137 cm³/mol. The van der Waals surface area contributed by atoms with Crippen molar-refractivity contribution in [2.45, 2.75) is 5.03 Å². The van der Waals surface area contributed by atoms with Crippen molar-refractivity contribution in [1.29, 1.82) is 0 Å². The lowest BCUT2D eigenvalue weighted by molar-refractivity contribution is -0.113. The van der Waals surface area contributed by atoms with Gasteiger partial charge in [0.2, 0.25) is 5.91 Å². The summed E-state index contributed by atoms with van der Waals surface area (Å²) in [4.78, 5) is 37.4. The van der Waals surface area contributed by atoms with Crippen LogP contribution in [0.3, 0.4) is 0 Å². The maximum atomic E-state index is 12.4. The number of benzene rings is 2. The van der Waals surface area contributed by atoms with E-state index in [4.69, 9.17) is 9.47 Å². The second-order valence-electron chi connectivity index (χ2n) is 7.80. The molecule has 10 heteroatoms. The molecule has 182 valence electrons. The SMILES string of the molecule is COC(=O)c1cccc(NC(=O)CSc2cc(N3CCN(c4ccc(OC)cc4)CC3)ncn2)c1. The molecule has 1 aromatic heterocycles. The molecule has 0 aliphatic carbocycles. The minimum atomic E-state index is -0.450. The number of amides is 1. The van der Waals surface area contributed by atoms with Crippen molar-refractivity contribution in [2.24, 2.45) is 0 Å². The summed E-state index contributed by atoms with van der Waals surface area (Å²) in [7, 11) is 2.99. The number of piperazine rings is 1. The molecule has 3 aromatic rings. The number of methoxy groups -OCH3 is 2. The van der Waals surface area contributed by atoms with Crippen LogP contribution in [-0.2, 0) is 9.53 Å². The molecule has 0 bridgehead atoms. The van der Waals surface area contributed by atoms with E-state index in [1.165, 1.54) is 30.9 Å². The van der Waals surface area contributed by atoms with Crippen LogP contribution in [0.4, 0.5) is 17.2 Å². The first kappa shape index (κ1) is 24.3. The van der Waals surface area contributed by atoms with Crippen LogP contribution >= 0.6 is 11.8 Å². The second-order valence-corrected chi connectivity index (χ2v) is 8.79. The van der Waals surface area contributed by atoms with Crippen LogP contribution in [0.5, 0.6) is 5.75 Å². The van der Waals surface area contributed by atoms with E-state index in [2.05, 4.69) is 37.2 Å². The summed E-state index contributed by atoms with van der Waals surface area (Å²) >= 11 is 1.34. The van der Waals surface area contributed by atoms with Gasteiger partial charge in [0.05, 0.1) is 25.5 Å². The first-order valence-electron chi connectivity index (χ1n) is 11.1. The molecule has 1 aliphatic rings. The number of anilines is 3. The molecule has 9 nitrogen and oxygen atoms in total. The average Bonchev–Trinajstić information content (AvgIpc) is 2.92. The highest BCUT2D eigenvalue weighted by molar-refractivity contribution is 7.99. The second kappa shape index (κ2) is 11.6. The Morgan fingerprint density at radius 1 is 0.971 bits per heavy atom. The monoisotopic (exact) mass is 493 g/mol. The number of ether oxygens (including phenoxy) is 2. The van der Waals surface area contributed by atoms with Crippen LogP contribution in [0, 0.1) is 0 Å². The number of rotatable bonds is 8. The molecule has 1 N–H and O–H groups in total. The Labute approximate surface area is 208 Å². The highest BCUT2D eigenvalue weighted by atomic mass is 32.2. The van der Waals surface area contributed by atoms with E-state index >= 15 is 0 Å². The molecule has 2 heterocycles. The van der Waals surface area contributed by atoms with Crippen molar-refractivity contribution in [3.8, 4) is 5.75 Å². The topological polar surface area (TPSA) is 96.9 Å². The number of nitrogens with zero attached hydrogens (tertiary/aromatic N) is 4. The lowest BCUT2D eigenvalue weighted by Gasteiger charge is -2.36. The third kappa shape index (κ3) is 6.42. The molecule has 1 amide bonds. The van der Waals surface area contributed by atoms with Gasteiger partial charge in [-0.1, -0.05) is 17.8 Å². The smallest absolute Gasteiger partial charge is 0.337 e. The molecule has 0 unspecified atom stereocenters. The number of carbonyl (C=O) groups is 2. The third-order valence-corrected chi connectivity index (χ3v) is 6.51. The zero-order chi connectivity index (χ0) is 24.6. The standard InChI is InChI=1S/C25H27N5O4S/c1-33-21-8-6-20(7-9-21)29-10-12-30(13-11-29)22-15-24(27-17-26-22)35-16-23(31)28-19-5-3-4-18(14-19)25(32)34-2/h3-9,14-15,17H,10-13,16H2,1-2H3,(H,28,31). The van der Waals surface area contributed by atoms with Gasteiger partial charge in [-0.25, -0.2) is 14.8 Å². The summed E-state index contributed by atoms with van der Waals surface area (Å²) in [6, 6.07) is 16.7. The number of hydrogen-bond acceptors (Lipinski definition) is 9. The summed E-state index contributed by atoms with van der Waals surface area (Å²) in [6.45, 7) is 3.44. The van der Waals surface area contributed by atoms with Gasteiger partial charge in [-0.05, 0) is 42.5 Å². The Balaban J connectivity index is 1.29. The lowest BCUT2D eigenvalue weighted by Crippen LogP contribution is -2.46. The molecule has 0 radical (unpaired) electrons. The highest BCUT2D eigenvalue weighted by Crippen LogP contribution is 2.24. The van der Waals surface area contributed by atoms with Gasteiger partial charge in [-0.15, -0.1) is 0 Å². The van der Waals surface area contributed by atoms with Gasteiger partial charge in [-0.2, -0.15) is 0 Å². The summed E-state index contributed by atoms with van der Waals surface area (Å²) in [5.74, 6) is 1.24. The van der Waals surface area contributed by atoms with Crippen LogP contribution < -0.4 is 19.9 Å². The molecule has 0 spiro atoms. The fraction of sp³-hybridized carbons (Fsp3) is 0.280. The fourth-order valence-corrected chi connectivity index (χ4v) is 4.41. The Bertz CT molecular complexity index is 1170. The predicted octanol–water partition coefficient (Wildman–Crippen LogP) is 3.33. The highest BCUT2D eigenvalue weighted by Gasteiger charge is 2.19. The minimum absolute atomic E-state index is 0.185. The third-order valence-electron chi connectivity index (χ3n) is 5.59. The van der Waals surface area contributed by atoms with Gasteiger partial charge < -0.3 is 24.6 Å². The number of nitrogens with one attached hydrogen (secondary N) is 1. The molecule has 0 atom stereocenters. The first-order chi connectivity index (χ1) is 17.1. The molecule has 2 aromatic carbocycles. The van der Waals surface area contributed by atoms with E-state index in [1.807, 2.05) is 18.2 Å². The van der Waals surface area contributed by atoms with E-state index in [0.717, 1.165) is 42.8 Å². The van der Waals surface area contributed by atoms with Crippen molar-refractivity contribution < 1.29 is 19.1 Å². The van der Waals surface area contributed by atoms with Crippen LogP contribution in [0.2, 0.25) is 0 Å². The van der Waals surface area contributed by atoms with E-state index in [1.54, 1.807) is 31.4 Å². The zero-order valence-electron chi connectivity index (χ0n) is 19.6. The largest absolute Gasteiger partial charge is 0.497 e. The Hall–Kier alpha value is -3.79. The average molecular weight is 494 g/mol. The van der Waals surface area contributed by atoms with Crippen LogP contribution in [-0.4, -0.2) is 68.0 Å². The summed E-state index contributed by atoms with van der Waals surface area (Å²) in [6.07, 6.45) is 1.53. The fourth-order valence-electron chi connectivity index (χ4n) is 3.75. The van der Waals surface area contributed by atoms with Gasteiger partial charge >= 0.3 is 5.97 Å². The maximum absolute atomic E-state index is 12.4. The molecular weight excluding hydrogens is 466 g/mol. The quantitative estimate of drug-likeness (QED) is 0.288. The van der Waals surface area contributed by atoms with E-state index in [0.29, 0.717) is 11.3 Å². The van der Waals surface area contributed by atoms with Gasteiger partial charge in [0.1, 0.15) is 22.9 Å². The Morgan fingerprint density at radius 2 is 1.71 bits per heavy atom. The van der Waals surface area contributed by atoms with Gasteiger partial charge in [0, 0.05) is 43.6 Å². The van der Waals surface area contributed by atoms with Crippen molar-refractivity contribution >= 4 is 40.8 Å². The van der Waals surface area contributed by atoms with E-state index in [-0.39, 0.29) is 11.7 Å². The molecule has 1 saturated heterocycles. The Morgan fingerprint density at radius 3 is 2.43 bits per heavy atom. The van der Waals surface area contributed by atoms with Crippen molar-refractivity contribution in [1.82, 2.24) is 9.97 Å². The summed E-state index contributed by atoms with van der Waals surface area (Å²) in [5, 5.41) is 3.53. The first-order valence-corrected chi connectivity index (χ1v) is 12.1. The number of esters is 1. The van der Waals surface area contributed by atoms with Crippen molar-refractivity contribution in [2.75, 3.05) is 61.3 Å². The van der Waals surface area contributed by atoms with Gasteiger partial charge in [0.25, 0.3) is 0 Å².